The van der Waals surface area contributed by atoms with Crippen molar-refractivity contribution in [3.8, 4) is 0 Å². The van der Waals surface area contributed by atoms with Gasteiger partial charge in [0.15, 0.2) is 25.5 Å². The standard InChI is InChI=1S/C22H19N3O3/c26-17-23-20-8-4-18(5-9-20)16-19-6-10-21(11-7-19)24-22(27)28-15-14-25-12-2-1-3-13-25/h1-13H,14-16H2/p+1. The SMILES string of the molecule is O=C=Nc1ccc(Cc2ccc(NC(=O)OCC[n+]3ccccc3)cc2)cc1. The smallest absolute Gasteiger partial charge is 0.411 e. The number of pyridine rings is 1. The second-order valence-corrected chi connectivity index (χ2v) is 6.12. The van der Waals surface area contributed by atoms with Crippen molar-refractivity contribution in [1.29, 1.82) is 0 Å². The van der Waals surface area contributed by atoms with E-state index in [1.54, 1.807) is 12.1 Å². The summed E-state index contributed by atoms with van der Waals surface area (Å²) < 4.78 is 7.14. The Bertz CT molecular complexity index is 949. The Hall–Kier alpha value is -3.76. The van der Waals surface area contributed by atoms with E-state index in [-0.39, 0.29) is 0 Å². The molecule has 1 N–H and O–H groups in total. The van der Waals surface area contributed by atoms with Gasteiger partial charge in [-0.25, -0.2) is 14.2 Å². The number of rotatable bonds is 7. The van der Waals surface area contributed by atoms with Crippen LogP contribution < -0.4 is 9.88 Å². The molecule has 0 saturated carbocycles. The van der Waals surface area contributed by atoms with Crippen molar-refractivity contribution in [2.45, 2.75) is 13.0 Å². The van der Waals surface area contributed by atoms with Crippen molar-refractivity contribution in [3.63, 3.8) is 0 Å². The minimum Gasteiger partial charge on any atom is -0.443 e. The van der Waals surface area contributed by atoms with E-state index in [0.29, 0.717) is 24.5 Å². The van der Waals surface area contributed by atoms with Crippen molar-refractivity contribution in [3.05, 3.63) is 90.3 Å². The first-order valence-corrected chi connectivity index (χ1v) is 8.86. The van der Waals surface area contributed by atoms with Gasteiger partial charge in [0.1, 0.15) is 0 Å². The first-order valence-electron chi connectivity index (χ1n) is 8.86. The summed E-state index contributed by atoms with van der Waals surface area (Å²) in [7, 11) is 0. The van der Waals surface area contributed by atoms with Crippen LogP contribution in [0.1, 0.15) is 11.1 Å². The Morgan fingerprint density at radius 2 is 1.61 bits per heavy atom. The summed E-state index contributed by atoms with van der Waals surface area (Å²) in [6, 6.07) is 20.8. The third kappa shape index (κ3) is 5.90. The molecule has 0 bridgehead atoms. The Morgan fingerprint density at radius 3 is 2.25 bits per heavy atom. The van der Waals surface area contributed by atoms with Crippen LogP contribution in [0.4, 0.5) is 16.2 Å². The molecule has 0 unspecified atom stereocenters. The molecule has 28 heavy (non-hydrogen) atoms. The van der Waals surface area contributed by atoms with Crippen LogP contribution in [0.25, 0.3) is 0 Å². The molecule has 0 saturated heterocycles. The van der Waals surface area contributed by atoms with E-state index in [9.17, 15) is 9.59 Å². The number of amides is 1. The van der Waals surface area contributed by atoms with Crippen LogP contribution in [0.5, 0.6) is 0 Å². The summed E-state index contributed by atoms with van der Waals surface area (Å²) in [5.41, 5.74) is 3.47. The molecule has 1 aromatic heterocycles. The van der Waals surface area contributed by atoms with Crippen LogP contribution in [0.3, 0.4) is 0 Å². The molecule has 0 aliphatic carbocycles. The number of nitrogens with one attached hydrogen (secondary N) is 1. The first-order chi connectivity index (χ1) is 13.7. The number of aromatic nitrogens is 1. The molecule has 0 spiro atoms. The molecule has 3 rings (SSSR count). The van der Waals surface area contributed by atoms with Crippen LogP contribution in [0, 0.1) is 0 Å². The van der Waals surface area contributed by atoms with Gasteiger partial charge >= 0.3 is 6.09 Å². The molecule has 0 fully saturated rings. The van der Waals surface area contributed by atoms with Gasteiger partial charge in [-0.1, -0.05) is 30.3 Å². The molecule has 3 aromatic rings. The zero-order valence-electron chi connectivity index (χ0n) is 15.2. The average Bonchev–Trinajstić information content (AvgIpc) is 2.72. The molecule has 6 heteroatoms. The number of nitrogens with zero attached hydrogens (tertiary/aromatic N) is 2. The van der Waals surface area contributed by atoms with Crippen LogP contribution in [0.15, 0.2) is 84.1 Å². The summed E-state index contributed by atoms with van der Waals surface area (Å²) in [6.45, 7) is 0.896. The molecule has 140 valence electrons. The lowest BCUT2D eigenvalue weighted by Gasteiger charge is -2.07. The highest BCUT2D eigenvalue weighted by Gasteiger charge is 2.06. The molecule has 1 amide bonds. The van der Waals surface area contributed by atoms with Gasteiger partial charge in [0, 0.05) is 17.8 Å². The van der Waals surface area contributed by atoms with E-state index in [2.05, 4.69) is 10.3 Å². The summed E-state index contributed by atoms with van der Waals surface area (Å²) >= 11 is 0. The van der Waals surface area contributed by atoms with Gasteiger partial charge in [0.05, 0.1) is 5.69 Å². The predicted octanol–water partition coefficient (Wildman–Crippen LogP) is 3.78. The van der Waals surface area contributed by atoms with Crippen LogP contribution >= 0.6 is 0 Å². The van der Waals surface area contributed by atoms with Crippen LogP contribution in [-0.4, -0.2) is 18.8 Å². The first kappa shape index (κ1) is 19.0. The maximum atomic E-state index is 11.9. The second-order valence-electron chi connectivity index (χ2n) is 6.12. The molecule has 6 nitrogen and oxygen atoms in total. The average molecular weight is 374 g/mol. The number of aliphatic imine (C=N–C) groups is 1. The van der Waals surface area contributed by atoms with Gasteiger partial charge in [-0.15, -0.1) is 0 Å². The Labute approximate surface area is 163 Å². The van der Waals surface area contributed by atoms with Crippen LogP contribution in [0.2, 0.25) is 0 Å². The molecular formula is C22H20N3O3+. The van der Waals surface area contributed by atoms with Crippen molar-refractivity contribution in [2.75, 3.05) is 11.9 Å². The van der Waals surface area contributed by atoms with Gasteiger partial charge in [-0.3, -0.25) is 5.32 Å². The van der Waals surface area contributed by atoms with Gasteiger partial charge in [-0.05, 0) is 41.8 Å². The lowest BCUT2D eigenvalue weighted by atomic mass is 10.0. The quantitative estimate of drug-likeness (QED) is 0.389. The summed E-state index contributed by atoms with van der Waals surface area (Å²) in [6.07, 6.45) is 5.63. The molecular weight excluding hydrogens is 354 g/mol. The predicted molar refractivity (Wildman–Crippen MR) is 105 cm³/mol. The van der Waals surface area contributed by atoms with E-state index < -0.39 is 6.09 Å². The number of benzene rings is 2. The van der Waals surface area contributed by atoms with Crippen molar-refractivity contribution in [2.24, 2.45) is 4.99 Å². The van der Waals surface area contributed by atoms with Gasteiger partial charge in [-0.2, -0.15) is 4.99 Å². The number of isocyanates is 1. The van der Waals surface area contributed by atoms with Gasteiger partial charge in [0.25, 0.3) is 0 Å². The number of hydrogen-bond acceptors (Lipinski definition) is 4. The van der Waals surface area contributed by atoms with E-state index in [0.717, 1.165) is 17.5 Å². The molecule has 1 heterocycles. The topological polar surface area (TPSA) is 71.6 Å². The van der Waals surface area contributed by atoms with Crippen molar-refractivity contribution < 1.29 is 18.9 Å². The fourth-order valence-corrected chi connectivity index (χ4v) is 2.66. The van der Waals surface area contributed by atoms with Gasteiger partial charge in [0.2, 0.25) is 6.08 Å². The Kier molecular flexibility index (Phi) is 6.66. The number of carbonyl (C=O) groups is 1. The number of carbonyl (C=O) groups excluding carboxylic acids is 2. The highest BCUT2D eigenvalue weighted by molar-refractivity contribution is 5.84. The number of hydrogen-bond donors (Lipinski definition) is 1. The van der Waals surface area contributed by atoms with Crippen LogP contribution in [-0.2, 0) is 22.5 Å². The third-order valence-electron chi connectivity index (χ3n) is 4.08. The van der Waals surface area contributed by atoms with E-state index in [1.807, 2.05) is 71.6 Å². The lowest BCUT2D eigenvalue weighted by Crippen LogP contribution is -2.35. The summed E-state index contributed by atoms with van der Waals surface area (Å²) in [5, 5.41) is 2.72. The zero-order valence-corrected chi connectivity index (χ0v) is 15.2. The summed E-state index contributed by atoms with van der Waals surface area (Å²) in [4.78, 5) is 25.7. The molecule has 0 atom stereocenters. The normalized spacial score (nSPS) is 10.0. The maximum absolute atomic E-state index is 11.9. The zero-order chi connectivity index (χ0) is 19.6. The number of anilines is 1. The fraction of sp³-hybridized carbons (Fsp3) is 0.136. The van der Waals surface area contributed by atoms with E-state index in [4.69, 9.17) is 4.74 Å². The van der Waals surface area contributed by atoms with Crippen molar-refractivity contribution >= 4 is 23.5 Å². The molecule has 0 aliphatic rings. The maximum Gasteiger partial charge on any atom is 0.411 e. The fourth-order valence-electron chi connectivity index (χ4n) is 2.66. The Morgan fingerprint density at radius 1 is 0.964 bits per heavy atom. The number of ether oxygens (including phenoxy) is 1. The minimum absolute atomic E-state index is 0.294. The molecule has 0 aliphatic heterocycles. The largest absolute Gasteiger partial charge is 0.443 e. The second kappa shape index (κ2) is 9.80. The van der Waals surface area contributed by atoms with E-state index >= 15 is 0 Å². The van der Waals surface area contributed by atoms with Gasteiger partial charge < -0.3 is 4.74 Å². The summed E-state index contributed by atoms with van der Waals surface area (Å²) in [5.74, 6) is 0. The molecule has 0 radical (unpaired) electrons. The highest BCUT2D eigenvalue weighted by atomic mass is 16.5. The van der Waals surface area contributed by atoms with E-state index in [1.165, 1.54) is 6.08 Å². The molecule has 2 aromatic carbocycles. The van der Waals surface area contributed by atoms with Crippen molar-refractivity contribution in [1.82, 2.24) is 0 Å². The lowest BCUT2D eigenvalue weighted by molar-refractivity contribution is -0.697. The Balaban J connectivity index is 1.47. The highest BCUT2D eigenvalue weighted by Crippen LogP contribution is 2.17. The minimum atomic E-state index is -0.476. The monoisotopic (exact) mass is 374 g/mol. The third-order valence-corrected chi connectivity index (χ3v) is 4.08.